The van der Waals surface area contributed by atoms with E-state index in [0.29, 0.717) is 12.5 Å². The Morgan fingerprint density at radius 1 is 1.28 bits per heavy atom. The van der Waals surface area contributed by atoms with Crippen LogP contribution < -0.4 is 5.32 Å². The molecule has 4 heterocycles. The molecule has 1 N–H and O–H groups in total. The number of piperidine rings is 1. The third-order valence-electron chi connectivity index (χ3n) is 5.80. The van der Waals surface area contributed by atoms with E-state index in [0.717, 1.165) is 57.4 Å². The fourth-order valence-electron chi connectivity index (χ4n) is 4.32. The van der Waals surface area contributed by atoms with Crippen LogP contribution in [-0.4, -0.2) is 55.9 Å². The molecule has 1 amide bonds. The van der Waals surface area contributed by atoms with Gasteiger partial charge in [-0.3, -0.25) is 4.79 Å². The Morgan fingerprint density at radius 3 is 2.96 bits per heavy atom. The summed E-state index contributed by atoms with van der Waals surface area (Å²) in [6.07, 6.45) is 5.83. The maximum absolute atomic E-state index is 12.4. The summed E-state index contributed by atoms with van der Waals surface area (Å²) in [6, 6.07) is 3.69. The van der Waals surface area contributed by atoms with Crippen LogP contribution in [0.5, 0.6) is 0 Å². The van der Waals surface area contributed by atoms with Crippen LogP contribution in [0.4, 0.5) is 0 Å². The molecule has 0 saturated carbocycles. The van der Waals surface area contributed by atoms with Crippen molar-refractivity contribution in [1.29, 1.82) is 0 Å². The number of hydrogen-bond donors (Lipinski definition) is 1. The summed E-state index contributed by atoms with van der Waals surface area (Å²) in [5.74, 6) is 2.03. The molecule has 3 atom stereocenters. The number of ether oxygens (including phenoxy) is 2. The number of rotatable bonds is 5. The molecule has 0 unspecified atom stereocenters. The van der Waals surface area contributed by atoms with Crippen molar-refractivity contribution in [2.24, 2.45) is 11.8 Å². The fraction of sp³-hybridized carbons (Fsp3) is 0.737. The lowest BCUT2D eigenvalue weighted by Gasteiger charge is -2.36. The molecule has 0 aromatic carbocycles. The van der Waals surface area contributed by atoms with Gasteiger partial charge in [-0.15, -0.1) is 0 Å². The van der Waals surface area contributed by atoms with Gasteiger partial charge in [-0.25, -0.2) is 0 Å². The highest BCUT2D eigenvalue weighted by Gasteiger charge is 2.42. The number of carbonyl (C=O) groups excluding carboxylic acids is 1. The maximum Gasteiger partial charge on any atom is 0.249 e. The Bertz CT molecular complexity index is 556. The van der Waals surface area contributed by atoms with Crippen molar-refractivity contribution in [1.82, 2.24) is 10.2 Å². The van der Waals surface area contributed by atoms with Crippen LogP contribution in [-0.2, 0) is 20.8 Å². The normalized spacial score (nSPS) is 31.0. The quantitative estimate of drug-likeness (QED) is 0.879. The number of nitrogens with zero attached hydrogens (tertiary/aromatic N) is 1. The van der Waals surface area contributed by atoms with Crippen molar-refractivity contribution >= 4 is 5.91 Å². The lowest BCUT2D eigenvalue weighted by molar-refractivity contribution is -0.133. The number of likely N-dealkylation sites (tertiary alicyclic amines) is 1. The molecule has 3 fully saturated rings. The highest BCUT2D eigenvalue weighted by molar-refractivity contribution is 5.81. The molecular weight excluding hydrogens is 320 g/mol. The molecule has 0 bridgehead atoms. The van der Waals surface area contributed by atoms with Crippen molar-refractivity contribution < 1.29 is 18.7 Å². The largest absolute Gasteiger partial charge is 0.467 e. The first-order valence-electron chi connectivity index (χ1n) is 9.53. The molecule has 6 heteroatoms. The van der Waals surface area contributed by atoms with Crippen molar-refractivity contribution in [2.75, 3.05) is 32.8 Å². The zero-order chi connectivity index (χ0) is 17.1. The molecule has 0 radical (unpaired) electrons. The number of carbonyl (C=O) groups is 1. The highest BCUT2D eigenvalue weighted by Crippen LogP contribution is 2.34. The van der Waals surface area contributed by atoms with Gasteiger partial charge in [-0.1, -0.05) is 0 Å². The van der Waals surface area contributed by atoms with Crippen molar-refractivity contribution in [3.8, 4) is 0 Å². The van der Waals surface area contributed by atoms with Gasteiger partial charge in [-0.05, 0) is 56.2 Å². The first kappa shape index (κ1) is 17.1. The summed E-state index contributed by atoms with van der Waals surface area (Å²) in [5.41, 5.74) is 0. The summed E-state index contributed by atoms with van der Waals surface area (Å²) in [4.78, 5) is 14.9. The fourth-order valence-corrected chi connectivity index (χ4v) is 4.32. The average molecular weight is 348 g/mol. The Hall–Kier alpha value is -1.37. The molecule has 0 spiro atoms. The van der Waals surface area contributed by atoms with Crippen LogP contribution >= 0.6 is 0 Å². The topological polar surface area (TPSA) is 63.9 Å². The minimum Gasteiger partial charge on any atom is -0.467 e. The third-order valence-corrected chi connectivity index (χ3v) is 5.80. The van der Waals surface area contributed by atoms with Gasteiger partial charge in [0.05, 0.1) is 18.9 Å². The second-order valence-corrected chi connectivity index (χ2v) is 7.56. The van der Waals surface area contributed by atoms with E-state index in [9.17, 15) is 4.79 Å². The van der Waals surface area contributed by atoms with E-state index >= 15 is 0 Å². The van der Waals surface area contributed by atoms with E-state index in [1.807, 2.05) is 12.1 Å². The summed E-state index contributed by atoms with van der Waals surface area (Å²) in [6.45, 7) is 5.47. The van der Waals surface area contributed by atoms with E-state index in [1.165, 1.54) is 12.8 Å². The van der Waals surface area contributed by atoms with E-state index in [2.05, 4.69) is 10.2 Å². The van der Waals surface area contributed by atoms with Crippen molar-refractivity contribution in [2.45, 2.75) is 44.4 Å². The Kier molecular flexibility index (Phi) is 5.39. The Morgan fingerprint density at radius 2 is 2.16 bits per heavy atom. The first-order chi connectivity index (χ1) is 12.3. The van der Waals surface area contributed by atoms with Gasteiger partial charge in [-0.2, -0.15) is 0 Å². The summed E-state index contributed by atoms with van der Waals surface area (Å²) >= 11 is 0. The van der Waals surface area contributed by atoms with Crippen LogP contribution in [0.1, 0.15) is 31.4 Å². The molecule has 4 rings (SSSR count). The molecular formula is C19H28N2O4. The average Bonchev–Trinajstić information content (AvgIpc) is 3.30. The van der Waals surface area contributed by atoms with Gasteiger partial charge in [0.1, 0.15) is 11.9 Å². The zero-order valence-electron chi connectivity index (χ0n) is 14.7. The SMILES string of the molecule is O=C(NCc1ccco1)[C@@H]1C[C@@H]2CCN(CC3CCOCC3)C[C@H]2O1. The lowest BCUT2D eigenvalue weighted by atomic mass is 9.90. The Balaban J connectivity index is 1.24. The minimum absolute atomic E-state index is 0.0122. The second kappa shape index (κ2) is 7.89. The van der Waals surface area contributed by atoms with Gasteiger partial charge in [0, 0.05) is 26.3 Å². The van der Waals surface area contributed by atoms with Gasteiger partial charge >= 0.3 is 0 Å². The maximum atomic E-state index is 12.4. The second-order valence-electron chi connectivity index (χ2n) is 7.56. The number of furan rings is 1. The predicted molar refractivity (Wildman–Crippen MR) is 91.9 cm³/mol. The third kappa shape index (κ3) is 4.25. The molecule has 1 aromatic heterocycles. The number of nitrogens with one attached hydrogen (secondary N) is 1. The molecule has 3 aliphatic rings. The first-order valence-corrected chi connectivity index (χ1v) is 9.53. The van der Waals surface area contributed by atoms with Crippen LogP contribution in [0.3, 0.4) is 0 Å². The highest BCUT2D eigenvalue weighted by atomic mass is 16.5. The van der Waals surface area contributed by atoms with Crippen molar-refractivity contribution in [3.05, 3.63) is 24.2 Å². The summed E-state index contributed by atoms with van der Waals surface area (Å²) in [7, 11) is 0. The molecule has 3 saturated heterocycles. The molecule has 138 valence electrons. The van der Waals surface area contributed by atoms with Gasteiger partial charge in [0.2, 0.25) is 5.91 Å². The molecule has 3 aliphatic heterocycles. The van der Waals surface area contributed by atoms with Crippen LogP contribution in [0.2, 0.25) is 0 Å². The van der Waals surface area contributed by atoms with Crippen molar-refractivity contribution in [3.63, 3.8) is 0 Å². The van der Waals surface area contributed by atoms with Gasteiger partial charge in [0.25, 0.3) is 0 Å². The molecule has 6 nitrogen and oxygen atoms in total. The van der Waals surface area contributed by atoms with Crippen LogP contribution in [0.25, 0.3) is 0 Å². The van der Waals surface area contributed by atoms with Crippen LogP contribution in [0, 0.1) is 11.8 Å². The van der Waals surface area contributed by atoms with Crippen LogP contribution in [0.15, 0.2) is 22.8 Å². The zero-order valence-corrected chi connectivity index (χ0v) is 14.7. The van der Waals surface area contributed by atoms with Gasteiger partial charge in [0.15, 0.2) is 0 Å². The summed E-state index contributed by atoms with van der Waals surface area (Å²) in [5, 5.41) is 2.93. The molecule has 1 aromatic rings. The Labute approximate surface area is 148 Å². The lowest BCUT2D eigenvalue weighted by Crippen LogP contribution is -2.45. The predicted octanol–water partition coefficient (Wildman–Crippen LogP) is 1.80. The van der Waals surface area contributed by atoms with E-state index in [-0.39, 0.29) is 18.1 Å². The molecule has 25 heavy (non-hydrogen) atoms. The molecule has 0 aliphatic carbocycles. The smallest absolute Gasteiger partial charge is 0.249 e. The van der Waals surface area contributed by atoms with Gasteiger partial charge < -0.3 is 24.1 Å². The number of hydrogen-bond acceptors (Lipinski definition) is 5. The summed E-state index contributed by atoms with van der Waals surface area (Å²) < 4.78 is 16.8. The van der Waals surface area contributed by atoms with E-state index in [4.69, 9.17) is 13.9 Å². The number of amides is 1. The monoisotopic (exact) mass is 348 g/mol. The number of fused-ring (bicyclic) bond motifs is 1. The van der Waals surface area contributed by atoms with E-state index < -0.39 is 0 Å². The minimum atomic E-state index is -0.312. The van der Waals surface area contributed by atoms with E-state index in [1.54, 1.807) is 6.26 Å². The standard InChI is InChI=1S/C19H28N2O4/c22-19(20-11-16-2-1-7-24-16)17-10-15-3-6-21(13-18(15)25-17)12-14-4-8-23-9-5-14/h1-2,7,14-15,17-18H,3-6,8-13H2,(H,20,22)/t15-,17-,18+/m0/s1.